The predicted octanol–water partition coefficient (Wildman–Crippen LogP) is 0.124. The first-order valence-electron chi connectivity index (χ1n) is 5.87. The van der Waals surface area contributed by atoms with Gasteiger partial charge in [-0.3, -0.25) is 0 Å². The van der Waals surface area contributed by atoms with Crippen molar-refractivity contribution in [2.75, 3.05) is 17.2 Å². The highest BCUT2D eigenvalue weighted by Crippen LogP contribution is 2.16. The Morgan fingerprint density at radius 3 is 2.42 bits per heavy atom. The number of nitrogens with two attached hydrogens (primary N) is 1. The van der Waals surface area contributed by atoms with E-state index < -0.39 is 25.9 Å². The highest BCUT2D eigenvalue weighted by atomic mass is 32.2. The van der Waals surface area contributed by atoms with Gasteiger partial charge in [0.2, 0.25) is 10.0 Å². The van der Waals surface area contributed by atoms with E-state index in [1.54, 1.807) is 0 Å². The zero-order chi connectivity index (χ0) is 14.1. The molecule has 0 radical (unpaired) electrons. The normalized spacial score (nSPS) is 23.1. The van der Waals surface area contributed by atoms with E-state index in [2.05, 4.69) is 4.72 Å². The highest BCUT2D eigenvalue weighted by Gasteiger charge is 2.28. The van der Waals surface area contributed by atoms with Crippen LogP contribution < -0.4 is 10.5 Å². The molecule has 0 bridgehead atoms. The summed E-state index contributed by atoms with van der Waals surface area (Å²) < 4.78 is 49.5. The Hall–Kier alpha value is -1.12. The second-order valence-corrected chi connectivity index (χ2v) is 8.59. The maximum Gasteiger partial charge on any atom is 0.240 e. The first kappa shape index (κ1) is 14.3. The average Bonchev–Trinajstić information content (AvgIpc) is 2.27. The van der Waals surface area contributed by atoms with Crippen LogP contribution in [-0.2, 0) is 19.9 Å². The van der Waals surface area contributed by atoms with Gasteiger partial charge in [-0.1, -0.05) is 0 Å². The molecule has 1 aliphatic rings. The van der Waals surface area contributed by atoms with E-state index in [1.165, 1.54) is 24.3 Å². The lowest BCUT2D eigenvalue weighted by Crippen LogP contribution is -2.43. The zero-order valence-corrected chi connectivity index (χ0v) is 11.9. The van der Waals surface area contributed by atoms with Gasteiger partial charge in [0.1, 0.15) is 0 Å². The van der Waals surface area contributed by atoms with Crippen LogP contribution >= 0.6 is 0 Å². The van der Waals surface area contributed by atoms with Crippen molar-refractivity contribution in [2.24, 2.45) is 0 Å². The minimum Gasteiger partial charge on any atom is -0.399 e. The van der Waals surface area contributed by atoms with Crippen LogP contribution in [0.4, 0.5) is 5.69 Å². The monoisotopic (exact) mass is 304 g/mol. The Kier molecular flexibility index (Phi) is 3.84. The third-order valence-electron chi connectivity index (χ3n) is 2.98. The SMILES string of the molecule is Nc1ccc(S(=O)(=O)NC2CCCS(=O)(=O)C2)cc1. The number of sulfonamides is 1. The van der Waals surface area contributed by atoms with Crippen molar-refractivity contribution < 1.29 is 16.8 Å². The molecule has 19 heavy (non-hydrogen) atoms. The summed E-state index contributed by atoms with van der Waals surface area (Å²) in [6.07, 6.45) is 1.02. The highest BCUT2D eigenvalue weighted by molar-refractivity contribution is 7.91. The van der Waals surface area contributed by atoms with Gasteiger partial charge in [-0.05, 0) is 37.1 Å². The van der Waals surface area contributed by atoms with Gasteiger partial charge in [-0.15, -0.1) is 0 Å². The third kappa shape index (κ3) is 3.68. The number of hydrogen-bond donors (Lipinski definition) is 2. The third-order valence-corrected chi connectivity index (χ3v) is 6.33. The Bertz CT molecular complexity index is 650. The largest absolute Gasteiger partial charge is 0.399 e. The molecule has 106 valence electrons. The quantitative estimate of drug-likeness (QED) is 0.772. The summed E-state index contributed by atoms with van der Waals surface area (Å²) in [6.45, 7) is 0. The van der Waals surface area contributed by atoms with Crippen molar-refractivity contribution in [3.05, 3.63) is 24.3 Å². The molecule has 1 saturated heterocycles. The number of nitrogen functional groups attached to an aromatic ring is 1. The maximum absolute atomic E-state index is 12.1. The molecule has 1 aromatic rings. The molecule has 0 aromatic heterocycles. The second-order valence-electron chi connectivity index (χ2n) is 4.64. The van der Waals surface area contributed by atoms with Crippen LogP contribution in [0.5, 0.6) is 0 Å². The van der Waals surface area contributed by atoms with Crippen LogP contribution in [0.3, 0.4) is 0 Å². The van der Waals surface area contributed by atoms with Crippen molar-refractivity contribution in [3.63, 3.8) is 0 Å². The fourth-order valence-corrected chi connectivity index (χ4v) is 5.06. The number of sulfone groups is 1. The van der Waals surface area contributed by atoms with Crippen molar-refractivity contribution in [2.45, 2.75) is 23.8 Å². The topological polar surface area (TPSA) is 106 Å². The van der Waals surface area contributed by atoms with Gasteiger partial charge in [0.15, 0.2) is 9.84 Å². The van der Waals surface area contributed by atoms with Crippen LogP contribution in [0.2, 0.25) is 0 Å². The van der Waals surface area contributed by atoms with E-state index >= 15 is 0 Å². The van der Waals surface area contributed by atoms with E-state index in [0.717, 1.165) is 0 Å². The van der Waals surface area contributed by atoms with Gasteiger partial charge >= 0.3 is 0 Å². The van der Waals surface area contributed by atoms with Crippen LogP contribution in [0.25, 0.3) is 0 Å². The molecule has 0 aliphatic carbocycles. The molecule has 8 heteroatoms. The van der Waals surface area contributed by atoms with Crippen LogP contribution in [0.1, 0.15) is 12.8 Å². The summed E-state index contributed by atoms with van der Waals surface area (Å²) in [7, 11) is -6.84. The minimum absolute atomic E-state index is 0.0877. The minimum atomic E-state index is -3.70. The molecule has 0 spiro atoms. The smallest absolute Gasteiger partial charge is 0.240 e. The zero-order valence-electron chi connectivity index (χ0n) is 10.2. The summed E-state index contributed by atoms with van der Waals surface area (Å²) in [4.78, 5) is 0.0877. The lowest BCUT2D eigenvalue weighted by molar-refractivity contribution is 0.517. The maximum atomic E-state index is 12.1. The van der Waals surface area contributed by atoms with Gasteiger partial charge in [-0.25, -0.2) is 21.6 Å². The average molecular weight is 304 g/mol. The number of anilines is 1. The molecular weight excluding hydrogens is 288 g/mol. The molecule has 1 heterocycles. The Labute approximate surface area is 113 Å². The fourth-order valence-electron chi connectivity index (χ4n) is 2.05. The van der Waals surface area contributed by atoms with Crippen molar-refractivity contribution in [1.29, 1.82) is 0 Å². The number of hydrogen-bond acceptors (Lipinski definition) is 5. The second kappa shape index (κ2) is 5.10. The van der Waals surface area contributed by atoms with Crippen LogP contribution in [0.15, 0.2) is 29.2 Å². The van der Waals surface area contributed by atoms with Crippen molar-refractivity contribution in [3.8, 4) is 0 Å². The standard InChI is InChI=1S/C11H16N2O4S2/c12-9-3-5-11(6-4-9)19(16,17)13-10-2-1-7-18(14,15)8-10/h3-6,10,13H,1-2,7-8,12H2. The Balaban J connectivity index is 2.15. The van der Waals surface area contributed by atoms with Crippen LogP contribution in [0, 0.1) is 0 Å². The van der Waals surface area contributed by atoms with Gasteiger partial charge in [0.25, 0.3) is 0 Å². The molecule has 0 amide bonds. The molecule has 1 aliphatic heterocycles. The number of nitrogens with one attached hydrogen (secondary N) is 1. The molecule has 1 aromatic carbocycles. The first-order valence-corrected chi connectivity index (χ1v) is 9.17. The summed E-state index contributed by atoms with van der Waals surface area (Å²) >= 11 is 0. The summed E-state index contributed by atoms with van der Waals surface area (Å²) in [5.41, 5.74) is 5.97. The molecule has 6 nitrogen and oxygen atoms in total. The van der Waals surface area contributed by atoms with E-state index in [1.807, 2.05) is 0 Å². The summed E-state index contributed by atoms with van der Waals surface area (Å²) in [5.74, 6) is -0.00565. The summed E-state index contributed by atoms with van der Waals surface area (Å²) in [6, 6.07) is 5.23. The molecule has 1 atom stereocenters. The molecule has 1 unspecified atom stereocenters. The van der Waals surface area contributed by atoms with Crippen molar-refractivity contribution in [1.82, 2.24) is 4.72 Å². The van der Waals surface area contributed by atoms with Crippen molar-refractivity contribution >= 4 is 25.5 Å². The number of rotatable bonds is 3. The molecular formula is C11H16N2O4S2. The molecule has 2 rings (SSSR count). The molecule has 3 N–H and O–H groups in total. The van der Waals surface area contributed by atoms with E-state index in [9.17, 15) is 16.8 Å². The lowest BCUT2D eigenvalue weighted by Gasteiger charge is -2.22. The Morgan fingerprint density at radius 2 is 1.84 bits per heavy atom. The first-order chi connectivity index (χ1) is 8.78. The lowest BCUT2D eigenvalue weighted by atomic mass is 10.2. The molecule has 1 fully saturated rings. The molecule has 0 saturated carbocycles. The van der Waals surface area contributed by atoms with Gasteiger partial charge in [0, 0.05) is 11.7 Å². The summed E-state index contributed by atoms with van der Waals surface area (Å²) in [5, 5.41) is 0. The Morgan fingerprint density at radius 1 is 1.21 bits per heavy atom. The van der Waals surface area contributed by atoms with E-state index in [4.69, 9.17) is 5.73 Å². The van der Waals surface area contributed by atoms with Crippen LogP contribution in [-0.4, -0.2) is 34.4 Å². The fraction of sp³-hybridized carbons (Fsp3) is 0.455. The van der Waals surface area contributed by atoms with E-state index in [0.29, 0.717) is 18.5 Å². The van der Waals surface area contributed by atoms with Gasteiger partial charge in [-0.2, -0.15) is 0 Å². The number of benzene rings is 1. The predicted molar refractivity (Wildman–Crippen MR) is 72.9 cm³/mol. The van der Waals surface area contributed by atoms with Gasteiger partial charge in [0.05, 0.1) is 16.4 Å². The van der Waals surface area contributed by atoms with E-state index in [-0.39, 0.29) is 16.4 Å². The van der Waals surface area contributed by atoms with Gasteiger partial charge < -0.3 is 5.73 Å².